The lowest BCUT2D eigenvalue weighted by molar-refractivity contribution is 0.0949. The molecular weight excluding hydrogens is 396 g/mol. The van der Waals surface area contributed by atoms with Gasteiger partial charge in [-0.25, -0.2) is 14.6 Å². The summed E-state index contributed by atoms with van der Waals surface area (Å²) in [5.74, 6) is 0.311. The Bertz CT molecular complexity index is 1170. The molecule has 0 bridgehead atoms. The molecule has 0 fully saturated rings. The molecule has 30 heavy (non-hydrogen) atoms. The van der Waals surface area contributed by atoms with Crippen molar-refractivity contribution in [2.75, 3.05) is 0 Å². The second kappa shape index (κ2) is 8.54. The van der Waals surface area contributed by atoms with E-state index < -0.39 is 0 Å². The minimum absolute atomic E-state index is 0.0549. The van der Waals surface area contributed by atoms with Gasteiger partial charge in [0.1, 0.15) is 0 Å². The number of aromatic nitrogens is 5. The third-order valence-electron chi connectivity index (χ3n) is 4.58. The number of aryl methyl sites for hydroxylation is 1. The van der Waals surface area contributed by atoms with E-state index in [1.54, 1.807) is 28.4 Å². The normalized spacial score (nSPS) is 11.1. The third kappa shape index (κ3) is 4.13. The van der Waals surface area contributed by atoms with Crippen LogP contribution in [-0.2, 0) is 6.54 Å². The molecular formula is C22H22N6OS. The number of hydrogen-bond acceptors (Lipinski definition) is 6. The predicted molar refractivity (Wildman–Crippen MR) is 117 cm³/mol. The number of nitrogens with one attached hydrogen (secondary N) is 1. The molecule has 0 aliphatic rings. The highest BCUT2D eigenvalue weighted by Crippen LogP contribution is 2.25. The van der Waals surface area contributed by atoms with E-state index in [4.69, 9.17) is 0 Å². The van der Waals surface area contributed by atoms with Gasteiger partial charge in [0.15, 0.2) is 0 Å². The number of rotatable bonds is 6. The van der Waals surface area contributed by atoms with E-state index in [0.29, 0.717) is 18.1 Å². The van der Waals surface area contributed by atoms with Crippen LogP contribution in [0.2, 0.25) is 0 Å². The van der Waals surface area contributed by atoms with Crippen molar-refractivity contribution in [2.45, 2.75) is 33.2 Å². The van der Waals surface area contributed by atoms with Crippen LogP contribution in [0.15, 0.2) is 54.2 Å². The maximum absolute atomic E-state index is 12.9. The standard InChI is InChI=1S/C22H22N6OS/c1-14(2)20-17(21(29)24-12-16-7-4-6-15(3)26-16)13-25-28(20)22-23-10-9-18(27-22)19-8-5-11-30-19/h4-11,13-14H,12H2,1-3H3,(H,24,29). The van der Waals surface area contributed by atoms with Crippen molar-refractivity contribution in [3.63, 3.8) is 0 Å². The largest absolute Gasteiger partial charge is 0.346 e. The second-order valence-electron chi connectivity index (χ2n) is 7.18. The Morgan fingerprint density at radius 1 is 1.17 bits per heavy atom. The molecule has 0 aliphatic heterocycles. The van der Waals surface area contributed by atoms with Crippen molar-refractivity contribution in [3.05, 3.63) is 76.8 Å². The number of carbonyl (C=O) groups excluding carboxylic acids is 1. The highest BCUT2D eigenvalue weighted by atomic mass is 32.1. The van der Waals surface area contributed by atoms with Gasteiger partial charge in [0.2, 0.25) is 0 Å². The lowest BCUT2D eigenvalue weighted by Gasteiger charge is -2.12. The number of amides is 1. The zero-order valence-corrected chi connectivity index (χ0v) is 17.8. The molecule has 4 rings (SSSR count). The maximum Gasteiger partial charge on any atom is 0.255 e. The van der Waals surface area contributed by atoms with Crippen LogP contribution >= 0.6 is 11.3 Å². The van der Waals surface area contributed by atoms with Crippen LogP contribution in [-0.4, -0.2) is 30.6 Å². The summed E-state index contributed by atoms with van der Waals surface area (Å²) in [6.07, 6.45) is 3.29. The Morgan fingerprint density at radius 2 is 2.03 bits per heavy atom. The first-order valence-corrected chi connectivity index (χ1v) is 10.6. The van der Waals surface area contributed by atoms with E-state index in [1.165, 1.54) is 0 Å². The first-order chi connectivity index (χ1) is 14.5. The lowest BCUT2D eigenvalue weighted by Crippen LogP contribution is -2.24. The number of carbonyl (C=O) groups is 1. The Hall–Kier alpha value is -3.39. The van der Waals surface area contributed by atoms with E-state index in [0.717, 1.165) is 27.7 Å². The first kappa shape index (κ1) is 19.9. The molecule has 4 heterocycles. The molecule has 0 unspecified atom stereocenters. The van der Waals surface area contributed by atoms with Crippen molar-refractivity contribution >= 4 is 17.2 Å². The molecule has 0 spiro atoms. The van der Waals surface area contributed by atoms with Crippen LogP contribution in [0.25, 0.3) is 16.5 Å². The summed E-state index contributed by atoms with van der Waals surface area (Å²) in [5.41, 5.74) is 3.85. The molecule has 0 saturated heterocycles. The zero-order chi connectivity index (χ0) is 21.1. The molecule has 0 aromatic carbocycles. The van der Waals surface area contributed by atoms with Crippen LogP contribution in [0.4, 0.5) is 0 Å². The van der Waals surface area contributed by atoms with Gasteiger partial charge in [-0.1, -0.05) is 26.0 Å². The summed E-state index contributed by atoms with van der Waals surface area (Å²) in [6, 6.07) is 11.6. The van der Waals surface area contributed by atoms with Crippen LogP contribution in [0.1, 0.15) is 47.2 Å². The average Bonchev–Trinajstić information content (AvgIpc) is 3.42. The van der Waals surface area contributed by atoms with E-state index in [2.05, 4.69) is 25.4 Å². The van der Waals surface area contributed by atoms with Crippen molar-refractivity contribution in [1.82, 2.24) is 30.0 Å². The van der Waals surface area contributed by atoms with E-state index in [9.17, 15) is 4.79 Å². The first-order valence-electron chi connectivity index (χ1n) is 9.69. The minimum Gasteiger partial charge on any atom is -0.346 e. The van der Waals surface area contributed by atoms with E-state index in [1.807, 2.05) is 62.5 Å². The van der Waals surface area contributed by atoms with Crippen molar-refractivity contribution < 1.29 is 4.79 Å². The minimum atomic E-state index is -0.192. The van der Waals surface area contributed by atoms with Gasteiger partial charge in [-0.2, -0.15) is 5.10 Å². The zero-order valence-electron chi connectivity index (χ0n) is 17.0. The summed E-state index contributed by atoms with van der Waals surface area (Å²) in [6.45, 7) is 6.33. The van der Waals surface area contributed by atoms with Gasteiger partial charge in [0.05, 0.1) is 40.3 Å². The predicted octanol–water partition coefficient (Wildman–Crippen LogP) is 4.15. The molecule has 1 amide bonds. The van der Waals surface area contributed by atoms with E-state index >= 15 is 0 Å². The fourth-order valence-electron chi connectivity index (χ4n) is 3.22. The fraction of sp³-hybridized carbons (Fsp3) is 0.227. The summed E-state index contributed by atoms with van der Waals surface area (Å²) in [4.78, 5) is 27.4. The summed E-state index contributed by atoms with van der Waals surface area (Å²) < 4.78 is 1.65. The van der Waals surface area contributed by atoms with E-state index in [-0.39, 0.29) is 11.8 Å². The third-order valence-corrected chi connectivity index (χ3v) is 5.47. The van der Waals surface area contributed by atoms with Gasteiger partial charge >= 0.3 is 0 Å². The monoisotopic (exact) mass is 418 g/mol. The molecule has 1 N–H and O–H groups in total. The Labute approximate surface area is 178 Å². The fourth-order valence-corrected chi connectivity index (χ4v) is 3.92. The molecule has 0 atom stereocenters. The topological polar surface area (TPSA) is 85.6 Å². The van der Waals surface area contributed by atoms with Gasteiger partial charge < -0.3 is 5.32 Å². The number of nitrogens with zero attached hydrogens (tertiary/aromatic N) is 5. The second-order valence-corrected chi connectivity index (χ2v) is 8.13. The number of pyridine rings is 1. The summed E-state index contributed by atoms with van der Waals surface area (Å²) >= 11 is 1.62. The number of thiophene rings is 1. The maximum atomic E-state index is 12.9. The smallest absolute Gasteiger partial charge is 0.255 e. The lowest BCUT2D eigenvalue weighted by atomic mass is 10.1. The Kier molecular flexibility index (Phi) is 5.67. The van der Waals surface area contributed by atoms with Crippen LogP contribution < -0.4 is 5.32 Å². The molecule has 4 aromatic heterocycles. The van der Waals surface area contributed by atoms with Crippen LogP contribution in [0, 0.1) is 6.92 Å². The van der Waals surface area contributed by atoms with Gasteiger partial charge in [-0.05, 0) is 42.5 Å². The Morgan fingerprint density at radius 3 is 2.77 bits per heavy atom. The molecule has 7 nitrogen and oxygen atoms in total. The molecule has 152 valence electrons. The van der Waals surface area contributed by atoms with Gasteiger partial charge in [0.25, 0.3) is 11.9 Å². The quantitative estimate of drug-likeness (QED) is 0.508. The van der Waals surface area contributed by atoms with Gasteiger partial charge in [-0.15, -0.1) is 11.3 Å². The Balaban J connectivity index is 1.62. The van der Waals surface area contributed by atoms with Crippen LogP contribution in [0.5, 0.6) is 0 Å². The van der Waals surface area contributed by atoms with Crippen molar-refractivity contribution in [2.24, 2.45) is 0 Å². The van der Waals surface area contributed by atoms with Crippen molar-refractivity contribution in [3.8, 4) is 16.5 Å². The highest BCUT2D eigenvalue weighted by molar-refractivity contribution is 7.13. The summed E-state index contributed by atoms with van der Waals surface area (Å²) in [5, 5.41) is 9.39. The van der Waals surface area contributed by atoms with Crippen LogP contribution in [0.3, 0.4) is 0 Å². The molecule has 4 aromatic rings. The average molecular weight is 419 g/mol. The molecule has 0 aliphatic carbocycles. The molecule has 0 saturated carbocycles. The van der Waals surface area contributed by atoms with Gasteiger partial charge in [-0.3, -0.25) is 9.78 Å². The molecule has 0 radical (unpaired) electrons. The van der Waals surface area contributed by atoms with Crippen molar-refractivity contribution in [1.29, 1.82) is 0 Å². The highest BCUT2D eigenvalue weighted by Gasteiger charge is 2.22. The summed E-state index contributed by atoms with van der Waals surface area (Å²) in [7, 11) is 0. The van der Waals surface area contributed by atoms with Gasteiger partial charge in [0, 0.05) is 11.9 Å². The SMILES string of the molecule is Cc1cccc(CNC(=O)c2cnn(-c3nccc(-c4cccs4)n3)c2C(C)C)n1. The molecule has 8 heteroatoms. The number of hydrogen-bond donors (Lipinski definition) is 1.